The van der Waals surface area contributed by atoms with Crippen LogP contribution in [-0.4, -0.2) is 24.5 Å². The average Bonchev–Trinajstić information content (AvgIpc) is 3.09. The highest BCUT2D eigenvalue weighted by atomic mass is 32.1. The summed E-state index contributed by atoms with van der Waals surface area (Å²) in [4.78, 5) is 21.8. The fraction of sp³-hybridized carbons (Fsp3) is 0.133. The molecule has 0 saturated carbocycles. The van der Waals surface area contributed by atoms with Gasteiger partial charge in [0.15, 0.2) is 11.5 Å². The molecule has 0 radical (unpaired) electrons. The van der Waals surface area contributed by atoms with Crippen LogP contribution in [0.25, 0.3) is 27.3 Å². The molecule has 7 nitrogen and oxygen atoms in total. The maximum atomic E-state index is 11.2. The van der Waals surface area contributed by atoms with Crippen LogP contribution in [0.4, 0.5) is 5.69 Å². The summed E-state index contributed by atoms with van der Waals surface area (Å²) < 4.78 is 1.58. The number of nitrogens with zero attached hydrogens (tertiary/aromatic N) is 5. The molecule has 0 aliphatic heterocycles. The number of fused-ring (bicyclic) bond motifs is 3. The second-order valence-electron chi connectivity index (χ2n) is 5.19. The molecule has 0 bridgehead atoms. The van der Waals surface area contributed by atoms with Gasteiger partial charge >= 0.3 is 0 Å². The fourth-order valence-corrected chi connectivity index (χ4v) is 3.57. The van der Waals surface area contributed by atoms with Crippen LogP contribution in [-0.2, 0) is 0 Å². The van der Waals surface area contributed by atoms with Gasteiger partial charge < -0.3 is 0 Å². The van der Waals surface area contributed by atoms with E-state index in [2.05, 4.69) is 15.1 Å². The first-order valence-electron chi connectivity index (χ1n) is 6.91. The summed E-state index contributed by atoms with van der Waals surface area (Å²) in [6.45, 7) is 4.06. The van der Waals surface area contributed by atoms with Gasteiger partial charge in [-0.25, -0.2) is 14.5 Å². The Morgan fingerprint density at radius 2 is 2.04 bits per heavy atom. The number of rotatable bonds is 2. The van der Waals surface area contributed by atoms with Gasteiger partial charge in [-0.15, -0.1) is 16.4 Å². The standard InChI is InChI=1S/C15H11N5O2S/c1-8-9(2)23-15-12(8)14-17-13(18-19(14)7-16-15)10-5-3-4-6-11(10)20(21)22/h3-7H,1-2H3. The van der Waals surface area contributed by atoms with Gasteiger partial charge in [0.1, 0.15) is 11.2 Å². The highest BCUT2D eigenvalue weighted by molar-refractivity contribution is 7.18. The molecule has 0 spiro atoms. The molecule has 4 aromatic rings. The van der Waals surface area contributed by atoms with Crippen LogP contribution < -0.4 is 0 Å². The van der Waals surface area contributed by atoms with E-state index in [1.807, 2.05) is 13.8 Å². The molecule has 23 heavy (non-hydrogen) atoms. The largest absolute Gasteiger partial charge is 0.280 e. The van der Waals surface area contributed by atoms with Gasteiger partial charge in [0.05, 0.1) is 15.9 Å². The Morgan fingerprint density at radius 3 is 2.83 bits per heavy atom. The number of aromatic nitrogens is 4. The molecule has 0 N–H and O–H groups in total. The number of thiophene rings is 1. The minimum Gasteiger partial charge on any atom is -0.258 e. The second-order valence-corrected chi connectivity index (χ2v) is 6.39. The van der Waals surface area contributed by atoms with Crippen molar-refractivity contribution in [2.24, 2.45) is 0 Å². The number of para-hydroxylation sites is 1. The van der Waals surface area contributed by atoms with E-state index in [-0.39, 0.29) is 5.69 Å². The van der Waals surface area contributed by atoms with Gasteiger partial charge in [-0.1, -0.05) is 12.1 Å². The lowest BCUT2D eigenvalue weighted by atomic mass is 10.1. The third kappa shape index (κ3) is 1.99. The first kappa shape index (κ1) is 13.8. The van der Waals surface area contributed by atoms with Crippen molar-refractivity contribution in [1.82, 2.24) is 19.6 Å². The molecule has 0 atom stereocenters. The molecule has 4 rings (SSSR count). The van der Waals surface area contributed by atoms with E-state index in [9.17, 15) is 10.1 Å². The van der Waals surface area contributed by atoms with Crippen molar-refractivity contribution in [2.75, 3.05) is 0 Å². The smallest absolute Gasteiger partial charge is 0.258 e. The zero-order valence-corrected chi connectivity index (χ0v) is 13.2. The molecule has 0 amide bonds. The summed E-state index contributed by atoms with van der Waals surface area (Å²) in [5, 5.41) is 16.5. The van der Waals surface area contributed by atoms with E-state index in [0.29, 0.717) is 17.0 Å². The Hall–Kier alpha value is -2.87. The second kappa shape index (κ2) is 4.82. The molecule has 8 heteroatoms. The van der Waals surface area contributed by atoms with E-state index >= 15 is 0 Å². The van der Waals surface area contributed by atoms with Crippen molar-refractivity contribution in [2.45, 2.75) is 13.8 Å². The lowest BCUT2D eigenvalue weighted by Crippen LogP contribution is -1.93. The SMILES string of the molecule is Cc1sc2ncn3nc(-c4ccccc4[N+](=O)[O-])nc3c2c1C. The first-order valence-corrected chi connectivity index (χ1v) is 7.73. The number of hydrogen-bond acceptors (Lipinski definition) is 6. The Kier molecular flexibility index (Phi) is 2.88. The summed E-state index contributed by atoms with van der Waals surface area (Å²) in [5.74, 6) is 0.329. The molecule has 0 aliphatic rings. The van der Waals surface area contributed by atoms with Crippen molar-refractivity contribution in [3.05, 3.63) is 51.1 Å². The van der Waals surface area contributed by atoms with E-state index in [1.54, 1.807) is 40.4 Å². The first-order chi connectivity index (χ1) is 11.1. The fourth-order valence-electron chi connectivity index (χ4n) is 2.58. The molecule has 0 saturated heterocycles. The van der Waals surface area contributed by atoms with Crippen molar-refractivity contribution < 1.29 is 4.92 Å². The zero-order chi connectivity index (χ0) is 16.1. The predicted molar refractivity (Wildman–Crippen MR) is 87.7 cm³/mol. The molecule has 0 fully saturated rings. The minimum absolute atomic E-state index is 0.00849. The molecule has 3 aromatic heterocycles. The summed E-state index contributed by atoms with van der Waals surface area (Å²) in [6.07, 6.45) is 1.60. The molecule has 114 valence electrons. The number of aryl methyl sites for hydroxylation is 2. The third-order valence-electron chi connectivity index (χ3n) is 3.85. The summed E-state index contributed by atoms with van der Waals surface area (Å²) >= 11 is 1.61. The van der Waals surface area contributed by atoms with Crippen molar-refractivity contribution in [3.63, 3.8) is 0 Å². The summed E-state index contributed by atoms with van der Waals surface area (Å²) in [5.41, 5.74) is 2.18. The van der Waals surface area contributed by atoms with Crippen LogP contribution in [0.15, 0.2) is 30.6 Å². The van der Waals surface area contributed by atoms with Crippen molar-refractivity contribution in [3.8, 4) is 11.4 Å². The highest BCUT2D eigenvalue weighted by Crippen LogP contribution is 2.33. The quantitative estimate of drug-likeness (QED) is 0.415. The van der Waals surface area contributed by atoms with Crippen LogP contribution in [0.5, 0.6) is 0 Å². The average molecular weight is 325 g/mol. The third-order valence-corrected chi connectivity index (χ3v) is 4.96. The number of nitro groups is 1. The highest BCUT2D eigenvalue weighted by Gasteiger charge is 2.20. The van der Waals surface area contributed by atoms with Gasteiger partial charge in [0.25, 0.3) is 5.69 Å². The van der Waals surface area contributed by atoms with E-state index in [1.165, 1.54) is 10.9 Å². The maximum absolute atomic E-state index is 11.2. The maximum Gasteiger partial charge on any atom is 0.280 e. The Labute approximate surface area is 134 Å². The van der Waals surface area contributed by atoms with Crippen molar-refractivity contribution >= 4 is 32.9 Å². The summed E-state index contributed by atoms with van der Waals surface area (Å²) in [7, 11) is 0. The van der Waals surface area contributed by atoms with E-state index in [0.717, 1.165) is 15.8 Å². The van der Waals surface area contributed by atoms with Gasteiger partial charge in [0, 0.05) is 10.9 Å². The van der Waals surface area contributed by atoms with E-state index < -0.39 is 4.92 Å². The van der Waals surface area contributed by atoms with Crippen LogP contribution in [0.2, 0.25) is 0 Å². The number of hydrogen-bond donors (Lipinski definition) is 0. The van der Waals surface area contributed by atoms with Crippen LogP contribution in [0, 0.1) is 24.0 Å². The Bertz CT molecular complexity index is 1080. The van der Waals surface area contributed by atoms with E-state index in [4.69, 9.17) is 0 Å². The van der Waals surface area contributed by atoms with Gasteiger partial charge in [-0.05, 0) is 25.5 Å². The van der Waals surface area contributed by atoms with Gasteiger partial charge in [-0.3, -0.25) is 10.1 Å². The van der Waals surface area contributed by atoms with Crippen LogP contribution in [0.1, 0.15) is 10.4 Å². The number of benzene rings is 1. The van der Waals surface area contributed by atoms with Crippen LogP contribution in [0.3, 0.4) is 0 Å². The predicted octanol–water partition coefficient (Wildman–Crippen LogP) is 3.53. The molecule has 3 heterocycles. The molecule has 0 aliphatic carbocycles. The monoisotopic (exact) mass is 325 g/mol. The van der Waals surface area contributed by atoms with Gasteiger partial charge in [-0.2, -0.15) is 0 Å². The molecule has 1 aromatic carbocycles. The molecule has 0 unspecified atom stereocenters. The molecular weight excluding hydrogens is 314 g/mol. The Balaban J connectivity index is 2.04. The van der Waals surface area contributed by atoms with Crippen LogP contribution >= 0.6 is 11.3 Å². The normalized spacial score (nSPS) is 11.4. The Morgan fingerprint density at radius 1 is 1.26 bits per heavy atom. The lowest BCUT2D eigenvalue weighted by Gasteiger charge is -1.96. The zero-order valence-electron chi connectivity index (χ0n) is 12.3. The van der Waals surface area contributed by atoms with Gasteiger partial charge in [0.2, 0.25) is 0 Å². The topological polar surface area (TPSA) is 86.2 Å². The minimum atomic E-state index is -0.422. The number of nitro benzene ring substituents is 1. The molecular formula is C15H11N5O2S. The lowest BCUT2D eigenvalue weighted by molar-refractivity contribution is -0.384. The van der Waals surface area contributed by atoms with Crippen molar-refractivity contribution in [1.29, 1.82) is 0 Å². The summed E-state index contributed by atoms with van der Waals surface area (Å²) in [6, 6.07) is 6.48.